The van der Waals surface area contributed by atoms with Crippen LogP contribution in [0.5, 0.6) is 0 Å². The van der Waals surface area contributed by atoms with E-state index in [2.05, 4.69) is 20.8 Å². The summed E-state index contributed by atoms with van der Waals surface area (Å²) in [5.74, 6) is 0.410. The molecule has 0 aliphatic rings. The third-order valence-corrected chi connectivity index (χ3v) is 2.87. The summed E-state index contributed by atoms with van der Waals surface area (Å²) >= 11 is 0. The Hall–Kier alpha value is -1.19. The van der Waals surface area contributed by atoms with Gasteiger partial charge in [0.1, 0.15) is 0 Å². The van der Waals surface area contributed by atoms with Crippen LogP contribution in [-0.2, 0) is 16.6 Å². The molecule has 9 heteroatoms. The number of sulfonamides is 1. The zero-order valence-corrected chi connectivity index (χ0v) is 11.3. The Morgan fingerprint density at radius 2 is 2.11 bits per heavy atom. The van der Waals surface area contributed by atoms with E-state index in [1.54, 1.807) is 0 Å². The van der Waals surface area contributed by atoms with Crippen LogP contribution >= 0.6 is 0 Å². The maximum atomic E-state index is 10.7. The number of anilines is 1. The fourth-order valence-corrected chi connectivity index (χ4v) is 1.70. The lowest BCUT2D eigenvalue weighted by atomic mass is 10.4. The van der Waals surface area contributed by atoms with Crippen molar-refractivity contribution in [2.24, 2.45) is 5.14 Å². The minimum Gasteiger partial charge on any atom is -0.407 e. The van der Waals surface area contributed by atoms with E-state index in [9.17, 15) is 8.42 Å². The number of hydrogen-bond donors (Lipinski definition) is 3. The van der Waals surface area contributed by atoms with E-state index in [1.807, 2.05) is 13.8 Å². The summed E-state index contributed by atoms with van der Waals surface area (Å²) < 4.78 is 26.7. The van der Waals surface area contributed by atoms with Gasteiger partial charge in [-0.15, -0.1) is 5.10 Å². The highest BCUT2D eigenvalue weighted by molar-refractivity contribution is 7.89. The molecule has 0 unspecified atom stereocenters. The summed E-state index contributed by atoms with van der Waals surface area (Å²) in [6.07, 6.45) is 0.390. The van der Waals surface area contributed by atoms with Crippen LogP contribution < -0.4 is 15.8 Å². The van der Waals surface area contributed by atoms with Crippen molar-refractivity contribution in [1.82, 2.24) is 15.5 Å². The number of rotatable bonds is 8. The second-order valence-corrected chi connectivity index (χ2v) is 5.92. The highest BCUT2D eigenvalue weighted by Gasteiger charge is 2.06. The van der Waals surface area contributed by atoms with Gasteiger partial charge in [-0.2, -0.15) is 0 Å². The van der Waals surface area contributed by atoms with Gasteiger partial charge >= 0.3 is 6.01 Å². The van der Waals surface area contributed by atoms with Gasteiger partial charge in [-0.25, -0.2) is 13.6 Å². The maximum absolute atomic E-state index is 10.7. The molecule has 1 aromatic heterocycles. The second-order valence-electron chi connectivity index (χ2n) is 4.18. The number of primary sulfonamides is 1. The minimum atomic E-state index is -3.41. The monoisotopic (exact) mass is 277 g/mol. The molecule has 0 bridgehead atoms. The largest absolute Gasteiger partial charge is 0.407 e. The van der Waals surface area contributed by atoms with E-state index >= 15 is 0 Å². The minimum absolute atomic E-state index is 0.0735. The molecular formula is C9H19N5O3S. The molecule has 1 aromatic rings. The van der Waals surface area contributed by atoms with Gasteiger partial charge in [0.05, 0.1) is 12.3 Å². The summed E-state index contributed by atoms with van der Waals surface area (Å²) in [5, 5.41) is 18.5. The maximum Gasteiger partial charge on any atom is 0.315 e. The van der Waals surface area contributed by atoms with Gasteiger partial charge in [-0.1, -0.05) is 18.9 Å². The molecule has 8 nitrogen and oxygen atoms in total. The van der Waals surface area contributed by atoms with Gasteiger partial charge in [0.15, 0.2) is 0 Å². The van der Waals surface area contributed by atoms with Crippen molar-refractivity contribution in [1.29, 1.82) is 0 Å². The smallest absolute Gasteiger partial charge is 0.315 e. The molecule has 0 aliphatic carbocycles. The average molecular weight is 277 g/mol. The SMILES string of the molecule is CC(C)NCc1nnc(NCCCS(N)(=O)=O)o1. The summed E-state index contributed by atoms with van der Waals surface area (Å²) in [4.78, 5) is 0. The summed E-state index contributed by atoms with van der Waals surface area (Å²) in [5.41, 5.74) is 0. The van der Waals surface area contributed by atoms with Crippen LogP contribution in [0.2, 0.25) is 0 Å². The first-order chi connectivity index (χ1) is 8.37. The van der Waals surface area contributed by atoms with Crippen LogP contribution in [0.1, 0.15) is 26.2 Å². The van der Waals surface area contributed by atoms with Crippen molar-refractivity contribution in [3.05, 3.63) is 5.89 Å². The van der Waals surface area contributed by atoms with Gasteiger partial charge in [-0.3, -0.25) is 0 Å². The first kappa shape index (κ1) is 14.9. The number of nitrogens with two attached hydrogens (primary N) is 1. The standard InChI is InChI=1S/C9H19N5O3S/c1-7(2)12-6-8-13-14-9(17-8)11-4-3-5-18(10,15)16/h7,12H,3-6H2,1-2H3,(H,11,14)(H2,10,15,16). The molecule has 4 N–H and O–H groups in total. The third-order valence-electron chi connectivity index (χ3n) is 2.01. The topological polar surface area (TPSA) is 123 Å². The lowest BCUT2D eigenvalue weighted by Gasteiger charge is -2.03. The lowest BCUT2D eigenvalue weighted by molar-refractivity contribution is 0.458. The molecule has 0 aromatic carbocycles. The predicted molar refractivity (Wildman–Crippen MR) is 67.4 cm³/mol. The molecular weight excluding hydrogens is 258 g/mol. The van der Waals surface area contributed by atoms with Gasteiger partial charge < -0.3 is 15.1 Å². The Morgan fingerprint density at radius 3 is 2.72 bits per heavy atom. The molecule has 0 amide bonds. The molecule has 0 aliphatic heterocycles. The van der Waals surface area contributed by atoms with E-state index in [0.29, 0.717) is 31.4 Å². The quantitative estimate of drug-likeness (QED) is 0.555. The van der Waals surface area contributed by atoms with Gasteiger partial charge in [0.2, 0.25) is 15.9 Å². The van der Waals surface area contributed by atoms with Gasteiger partial charge in [0, 0.05) is 12.6 Å². The molecule has 18 heavy (non-hydrogen) atoms. The zero-order chi connectivity index (χ0) is 13.6. The highest BCUT2D eigenvalue weighted by atomic mass is 32.2. The molecule has 0 saturated heterocycles. The zero-order valence-electron chi connectivity index (χ0n) is 10.5. The number of aromatic nitrogens is 2. The van der Waals surface area contributed by atoms with Crippen molar-refractivity contribution in [3.8, 4) is 0 Å². The Balaban J connectivity index is 2.27. The lowest BCUT2D eigenvalue weighted by Crippen LogP contribution is -2.21. The van der Waals surface area contributed by atoms with E-state index in [0.717, 1.165) is 0 Å². The molecule has 1 rings (SSSR count). The fraction of sp³-hybridized carbons (Fsp3) is 0.778. The van der Waals surface area contributed by atoms with E-state index in [4.69, 9.17) is 9.56 Å². The molecule has 0 atom stereocenters. The summed E-state index contributed by atoms with van der Waals surface area (Å²) in [7, 11) is -3.41. The molecule has 0 radical (unpaired) electrons. The Labute approximate surface area is 106 Å². The van der Waals surface area contributed by atoms with Crippen LogP contribution in [-0.4, -0.2) is 37.0 Å². The van der Waals surface area contributed by atoms with Crippen LogP contribution in [0, 0.1) is 0 Å². The summed E-state index contributed by atoms with van der Waals surface area (Å²) in [6.45, 7) is 4.95. The van der Waals surface area contributed by atoms with E-state index in [-0.39, 0.29) is 11.8 Å². The van der Waals surface area contributed by atoms with Crippen molar-refractivity contribution < 1.29 is 12.8 Å². The van der Waals surface area contributed by atoms with Crippen molar-refractivity contribution >= 4 is 16.0 Å². The Morgan fingerprint density at radius 1 is 1.39 bits per heavy atom. The number of hydrogen-bond acceptors (Lipinski definition) is 7. The molecule has 0 saturated carbocycles. The van der Waals surface area contributed by atoms with Gasteiger partial charge in [-0.05, 0) is 6.42 Å². The predicted octanol–water partition coefficient (Wildman–Crippen LogP) is -0.342. The van der Waals surface area contributed by atoms with E-state index < -0.39 is 10.0 Å². The third kappa shape index (κ3) is 6.52. The molecule has 0 fully saturated rings. The van der Waals surface area contributed by atoms with Crippen molar-refractivity contribution in [2.75, 3.05) is 17.6 Å². The van der Waals surface area contributed by atoms with Crippen LogP contribution in [0.3, 0.4) is 0 Å². The molecule has 104 valence electrons. The second kappa shape index (κ2) is 6.66. The van der Waals surface area contributed by atoms with Crippen LogP contribution in [0.15, 0.2) is 4.42 Å². The first-order valence-corrected chi connectivity index (χ1v) is 7.38. The van der Waals surface area contributed by atoms with Crippen LogP contribution in [0.4, 0.5) is 6.01 Å². The van der Waals surface area contributed by atoms with E-state index in [1.165, 1.54) is 0 Å². The Kier molecular flexibility index (Phi) is 5.51. The Bertz CT molecular complexity index is 457. The average Bonchev–Trinajstić information content (AvgIpc) is 2.68. The van der Waals surface area contributed by atoms with Gasteiger partial charge in [0.25, 0.3) is 0 Å². The van der Waals surface area contributed by atoms with Crippen molar-refractivity contribution in [3.63, 3.8) is 0 Å². The van der Waals surface area contributed by atoms with Crippen molar-refractivity contribution in [2.45, 2.75) is 32.9 Å². The van der Waals surface area contributed by atoms with Crippen LogP contribution in [0.25, 0.3) is 0 Å². The highest BCUT2D eigenvalue weighted by Crippen LogP contribution is 2.05. The molecule has 0 spiro atoms. The number of nitrogens with one attached hydrogen (secondary N) is 2. The summed E-state index contributed by atoms with van der Waals surface area (Å²) in [6, 6.07) is 0.619. The number of nitrogens with zero attached hydrogens (tertiary/aromatic N) is 2. The molecule has 1 heterocycles. The fourth-order valence-electron chi connectivity index (χ4n) is 1.16. The first-order valence-electron chi connectivity index (χ1n) is 5.67. The normalized spacial score (nSPS) is 12.0.